The number of halogens is 1. The van der Waals surface area contributed by atoms with Crippen LogP contribution in [-0.2, 0) is 12.8 Å². The van der Waals surface area contributed by atoms with Crippen LogP contribution in [0, 0.1) is 5.92 Å². The highest BCUT2D eigenvalue weighted by Crippen LogP contribution is 2.20. The normalized spacial score (nSPS) is 19.8. The van der Waals surface area contributed by atoms with Crippen LogP contribution in [-0.4, -0.2) is 61.6 Å². The topological polar surface area (TPSA) is 44.0 Å². The Labute approximate surface area is 197 Å². The zero-order valence-electron chi connectivity index (χ0n) is 17.8. The van der Waals surface area contributed by atoms with Crippen molar-refractivity contribution in [3.63, 3.8) is 0 Å². The standard InChI is InChI=1S/C24H34N4O.HI/c1-2-7-21(8-3-1)10-13-25-24(26-14-11-23-9-6-18-29-23)28-17-12-22(20-28)19-27-15-4-5-16-27;/h1-3,6-9,18,22H,4-5,10-17,19-20H2,(H,25,26);1H. The second-order valence-corrected chi connectivity index (χ2v) is 8.31. The summed E-state index contributed by atoms with van der Waals surface area (Å²) in [4.78, 5) is 10.0. The van der Waals surface area contributed by atoms with E-state index in [0.29, 0.717) is 0 Å². The third kappa shape index (κ3) is 7.01. The lowest BCUT2D eigenvalue weighted by molar-refractivity contribution is 0.281. The molecule has 5 nitrogen and oxygen atoms in total. The number of benzene rings is 1. The third-order valence-corrected chi connectivity index (χ3v) is 6.04. The number of hydrogen-bond acceptors (Lipinski definition) is 3. The van der Waals surface area contributed by atoms with Crippen LogP contribution in [0.1, 0.15) is 30.6 Å². The molecule has 1 aromatic carbocycles. The first kappa shape index (κ1) is 23.1. The summed E-state index contributed by atoms with van der Waals surface area (Å²) in [6, 6.07) is 14.6. The smallest absolute Gasteiger partial charge is 0.193 e. The Bertz CT molecular complexity index is 744. The fourth-order valence-electron chi connectivity index (χ4n) is 4.46. The highest BCUT2D eigenvalue weighted by molar-refractivity contribution is 14.0. The maximum Gasteiger partial charge on any atom is 0.193 e. The van der Waals surface area contributed by atoms with Crippen molar-refractivity contribution in [1.29, 1.82) is 0 Å². The van der Waals surface area contributed by atoms with Crippen molar-refractivity contribution < 1.29 is 4.42 Å². The Kier molecular flexibility index (Phi) is 9.52. The van der Waals surface area contributed by atoms with Crippen molar-refractivity contribution in [2.24, 2.45) is 10.9 Å². The Balaban J connectivity index is 0.00000256. The molecule has 1 aromatic heterocycles. The lowest BCUT2D eigenvalue weighted by Crippen LogP contribution is -2.41. The Hall–Kier alpha value is -1.54. The molecule has 0 amide bonds. The molecular formula is C24H35IN4O. The number of rotatable bonds is 8. The first-order valence-corrected chi connectivity index (χ1v) is 11.2. The zero-order chi connectivity index (χ0) is 19.7. The number of likely N-dealkylation sites (tertiary alicyclic amines) is 2. The average molecular weight is 522 g/mol. The van der Waals surface area contributed by atoms with Gasteiger partial charge in [0.2, 0.25) is 0 Å². The summed E-state index contributed by atoms with van der Waals surface area (Å²) in [7, 11) is 0. The summed E-state index contributed by atoms with van der Waals surface area (Å²) in [6.07, 6.45) is 7.62. The van der Waals surface area contributed by atoms with Crippen LogP contribution in [0.4, 0.5) is 0 Å². The van der Waals surface area contributed by atoms with Crippen LogP contribution in [0.25, 0.3) is 0 Å². The van der Waals surface area contributed by atoms with E-state index in [9.17, 15) is 0 Å². The minimum absolute atomic E-state index is 0. The fraction of sp³-hybridized carbons (Fsp3) is 0.542. The van der Waals surface area contributed by atoms with Gasteiger partial charge in [0.15, 0.2) is 5.96 Å². The number of nitrogens with zero attached hydrogens (tertiary/aromatic N) is 3. The van der Waals surface area contributed by atoms with Gasteiger partial charge in [-0.15, -0.1) is 24.0 Å². The minimum Gasteiger partial charge on any atom is -0.469 e. The SMILES string of the molecule is I.c1ccc(CCNC(=NCCc2ccco2)N2CCC(CN3CCCC3)C2)cc1. The molecule has 2 saturated heterocycles. The monoisotopic (exact) mass is 522 g/mol. The van der Waals surface area contributed by atoms with E-state index in [1.807, 2.05) is 12.1 Å². The lowest BCUT2D eigenvalue weighted by atomic mass is 10.1. The Morgan fingerprint density at radius 3 is 2.63 bits per heavy atom. The summed E-state index contributed by atoms with van der Waals surface area (Å²) in [6.45, 7) is 7.72. The molecule has 4 rings (SSSR count). The Morgan fingerprint density at radius 1 is 1.03 bits per heavy atom. The molecule has 3 heterocycles. The van der Waals surface area contributed by atoms with Crippen molar-refractivity contribution in [3.8, 4) is 0 Å². The van der Waals surface area contributed by atoms with Gasteiger partial charge in [-0.3, -0.25) is 4.99 Å². The lowest BCUT2D eigenvalue weighted by Gasteiger charge is -2.24. The van der Waals surface area contributed by atoms with Gasteiger partial charge in [0.05, 0.1) is 6.26 Å². The summed E-state index contributed by atoms with van der Waals surface area (Å²) in [5.41, 5.74) is 1.36. The number of furan rings is 1. The largest absolute Gasteiger partial charge is 0.469 e. The van der Waals surface area contributed by atoms with Crippen LogP contribution >= 0.6 is 24.0 Å². The first-order chi connectivity index (χ1) is 14.4. The summed E-state index contributed by atoms with van der Waals surface area (Å²) >= 11 is 0. The van der Waals surface area contributed by atoms with E-state index in [0.717, 1.165) is 56.7 Å². The van der Waals surface area contributed by atoms with Gasteiger partial charge in [-0.2, -0.15) is 0 Å². The van der Waals surface area contributed by atoms with E-state index in [2.05, 4.69) is 45.4 Å². The molecule has 1 unspecified atom stereocenters. The number of hydrogen-bond donors (Lipinski definition) is 1. The fourth-order valence-corrected chi connectivity index (χ4v) is 4.46. The van der Waals surface area contributed by atoms with Gasteiger partial charge < -0.3 is 19.5 Å². The van der Waals surface area contributed by atoms with Gasteiger partial charge in [0.25, 0.3) is 0 Å². The van der Waals surface area contributed by atoms with Crippen molar-refractivity contribution >= 4 is 29.9 Å². The zero-order valence-corrected chi connectivity index (χ0v) is 20.2. The van der Waals surface area contributed by atoms with E-state index in [-0.39, 0.29) is 24.0 Å². The van der Waals surface area contributed by atoms with Gasteiger partial charge >= 0.3 is 0 Å². The molecule has 6 heteroatoms. The molecule has 1 N–H and O–H groups in total. The number of aliphatic imine (C=N–C) groups is 1. The molecule has 30 heavy (non-hydrogen) atoms. The maximum absolute atomic E-state index is 5.46. The minimum atomic E-state index is 0. The molecule has 164 valence electrons. The van der Waals surface area contributed by atoms with Crippen LogP contribution in [0.5, 0.6) is 0 Å². The van der Waals surface area contributed by atoms with Crippen molar-refractivity contribution in [1.82, 2.24) is 15.1 Å². The molecule has 2 aliphatic rings. The van der Waals surface area contributed by atoms with E-state index >= 15 is 0 Å². The predicted octanol–water partition coefficient (Wildman–Crippen LogP) is 4.05. The molecule has 0 bridgehead atoms. The molecular weight excluding hydrogens is 487 g/mol. The highest BCUT2D eigenvalue weighted by atomic mass is 127. The van der Waals surface area contributed by atoms with Crippen LogP contribution < -0.4 is 5.32 Å². The summed E-state index contributed by atoms with van der Waals surface area (Å²) < 4.78 is 5.46. The second-order valence-electron chi connectivity index (χ2n) is 8.31. The quantitative estimate of drug-likeness (QED) is 0.323. The predicted molar refractivity (Wildman–Crippen MR) is 134 cm³/mol. The maximum atomic E-state index is 5.46. The second kappa shape index (κ2) is 12.3. The number of nitrogens with one attached hydrogen (secondary N) is 1. The van der Waals surface area contributed by atoms with Gasteiger partial charge in [0, 0.05) is 39.1 Å². The van der Waals surface area contributed by atoms with Gasteiger partial charge in [-0.05, 0) is 62.4 Å². The summed E-state index contributed by atoms with van der Waals surface area (Å²) in [5, 5.41) is 3.64. The van der Waals surface area contributed by atoms with Crippen molar-refractivity contribution in [2.45, 2.75) is 32.1 Å². The molecule has 0 radical (unpaired) electrons. The molecule has 1 atom stereocenters. The first-order valence-electron chi connectivity index (χ1n) is 11.2. The average Bonchev–Trinajstić information content (AvgIpc) is 3.51. The van der Waals surface area contributed by atoms with Crippen LogP contribution in [0.2, 0.25) is 0 Å². The van der Waals surface area contributed by atoms with E-state index in [1.165, 1.54) is 44.5 Å². The van der Waals surface area contributed by atoms with E-state index in [1.54, 1.807) is 6.26 Å². The molecule has 0 saturated carbocycles. The van der Waals surface area contributed by atoms with Gasteiger partial charge in [-0.25, -0.2) is 0 Å². The summed E-state index contributed by atoms with van der Waals surface area (Å²) in [5.74, 6) is 2.83. The van der Waals surface area contributed by atoms with Crippen molar-refractivity contribution in [3.05, 3.63) is 60.1 Å². The van der Waals surface area contributed by atoms with Crippen molar-refractivity contribution in [2.75, 3.05) is 45.8 Å². The van der Waals surface area contributed by atoms with E-state index < -0.39 is 0 Å². The number of guanidine groups is 1. The van der Waals surface area contributed by atoms with Crippen LogP contribution in [0.15, 0.2) is 58.1 Å². The molecule has 2 aliphatic heterocycles. The highest BCUT2D eigenvalue weighted by Gasteiger charge is 2.27. The molecule has 0 aliphatic carbocycles. The van der Waals surface area contributed by atoms with Gasteiger partial charge in [0.1, 0.15) is 5.76 Å². The van der Waals surface area contributed by atoms with Gasteiger partial charge in [-0.1, -0.05) is 30.3 Å². The van der Waals surface area contributed by atoms with Crippen LogP contribution in [0.3, 0.4) is 0 Å². The molecule has 0 spiro atoms. The van der Waals surface area contributed by atoms with E-state index in [4.69, 9.17) is 9.41 Å². The molecule has 2 aromatic rings. The third-order valence-electron chi connectivity index (χ3n) is 6.04. The Morgan fingerprint density at radius 2 is 1.87 bits per heavy atom. The molecule has 2 fully saturated rings.